The molecule has 2 N–H and O–H groups in total. The number of anilines is 1. The molecule has 124 valence electrons. The number of H-pyrrole nitrogens is 1. The van der Waals surface area contributed by atoms with E-state index in [1.807, 2.05) is 50.2 Å². The molecule has 1 amide bonds. The molecule has 0 aliphatic carbocycles. The molecule has 0 bridgehead atoms. The van der Waals surface area contributed by atoms with E-state index in [0.29, 0.717) is 17.2 Å². The van der Waals surface area contributed by atoms with E-state index < -0.39 is 0 Å². The molecule has 0 aliphatic heterocycles. The van der Waals surface area contributed by atoms with Crippen LogP contribution in [0.4, 0.5) is 5.69 Å². The fourth-order valence-electron chi connectivity index (χ4n) is 2.13. The number of aromatic amines is 1. The Morgan fingerprint density at radius 3 is 2.62 bits per heavy atom. The van der Waals surface area contributed by atoms with E-state index in [-0.39, 0.29) is 5.91 Å². The van der Waals surface area contributed by atoms with Crippen LogP contribution in [0.1, 0.15) is 21.3 Å². The maximum atomic E-state index is 12.3. The molecule has 8 heteroatoms. The van der Waals surface area contributed by atoms with Crippen LogP contribution in [0.25, 0.3) is 11.4 Å². The highest BCUT2D eigenvalue weighted by Gasteiger charge is 2.12. The minimum absolute atomic E-state index is 0.210. The van der Waals surface area contributed by atoms with Gasteiger partial charge in [0.25, 0.3) is 5.91 Å². The number of carbonyl (C=O) groups excluding carboxylic acids is 1. The lowest BCUT2D eigenvalue weighted by Gasteiger charge is -2.05. The first kappa shape index (κ1) is 16.3. The predicted molar refractivity (Wildman–Crippen MR) is 94.0 cm³/mol. The van der Waals surface area contributed by atoms with Crippen molar-refractivity contribution < 1.29 is 4.79 Å². The van der Waals surface area contributed by atoms with Crippen molar-refractivity contribution in [1.82, 2.24) is 25.1 Å². The van der Waals surface area contributed by atoms with E-state index in [1.54, 1.807) is 5.38 Å². The Hall–Kier alpha value is -2.58. The summed E-state index contributed by atoms with van der Waals surface area (Å²) in [6.45, 7) is 2.58. The molecule has 24 heavy (non-hydrogen) atoms. The zero-order chi connectivity index (χ0) is 17.1. The van der Waals surface area contributed by atoms with Gasteiger partial charge in [-0.1, -0.05) is 0 Å². The third-order valence-electron chi connectivity index (χ3n) is 3.23. The van der Waals surface area contributed by atoms with Crippen molar-refractivity contribution in [3.8, 4) is 11.4 Å². The summed E-state index contributed by atoms with van der Waals surface area (Å²) in [4.78, 5) is 22.9. The summed E-state index contributed by atoms with van der Waals surface area (Å²) in [6.07, 6.45) is 0. The van der Waals surface area contributed by atoms with Crippen LogP contribution in [0, 0.1) is 6.92 Å². The standard InChI is InChI=1S/C16H18N6OS/c1-10-17-15(21-20-10)11-4-6-12(7-5-11)18-16(23)13-9-24-14(19-13)8-22(2)3/h4-7,9H,8H2,1-3H3,(H,18,23)(H,17,20,21). The SMILES string of the molecule is Cc1nc(-c2ccc(NC(=O)c3csc(CN(C)C)n3)cc2)n[nH]1. The Morgan fingerprint density at radius 1 is 1.25 bits per heavy atom. The van der Waals surface area contributed by atoms with Gasteiger partial charge in [-0.25, -0.2) is 9.97 Å². The number of hydrogen-bond acceptors (Lipinski definition) is 6. The Morgan fingerprint density at radius 2 is 2.00 bits per heavy atom. The van der Waals surface area contributed by atoms with Crippen molar-refractivity contribution >= 4 is 22.9 Å². The number of thiazole rings is 1. The summed E-state index contributed by atoms with van der Waals surface area (Å²) in [5.74, 6) is 1.19. The third kappa shape index (κ3) is 3.84. The number of nitrogens with one attached hydrogen (secondary N) is 2. The van der Waals surface area contributed by atoms with Crippen LogP contribution < -0.4 is 5.32 Å². The molecule has 3 rings (SSSR count). The molecular weight excluding hydrogens is 324 g/mol. The summed E-state index contributed by atoms with van der Waals surface area (Å²) >= 11 is 1.49. The molecule has 3 aromatic rings. The van der Waals surface area contributed by atoms with Gasteiger partial charge in [-0.15, -0.1) is 11.3 Å². The average molecular weight is 342 g/mol. The predicted octanol–water partition coefficient (Wildman–Crippen LogP) is 2.55. The van der Waals surface area contributed by atoms with Crippen molar-refractivity contribution in [2.75, 3.05) is 19.4 Å². The van der Waals surface area contributed by atoms with Crippen molar-refractivity contribution in [3.05, 3.63) is 46.2 Å². The van der Waals surface area contributed by atoms with E-state index >= 15 is 0 Å². The molecule has 2 aromatic heterocycles. The van der Waals surface area contributed by atoms with Gasteiger partial charge in [0, 0.05) is 23.2 Å². The smallest absolute Gasteiger partial charge is 0.275 e. The number of amides is 1. The lowest BCUT2D eigenvalue weighted by molar-refractivity contribution is 0.102. The number of hydrogen-bond donors (Lipinski definition) is 2. The van der Waals surface area contributed by atoms with E-state index in [2.05, 4.69) is 25.5 Å². The minimum Gasteiger partial charge on any atom is -0.321 e. The lowest BCUT2D eigenvalue weighted by atomic mass is 10.2. The number of aromatic nitrogens is 4. The average Bonchev–Trinajstić information content (AvgIpc) is 3.17. The van der Waals surface area contributed by atoms with Gasteiger partial charge in [-0.2, -0.15) is 5.10 Å². The van der Waals surface area contributed by atoms with E-state index in [0.717, 1.165) is 22.9 Å². The highest BCUT2D eigenvalue weighted by Crippen LogP contribution is 2.19. The second kappa shape index (κ2) is 6.90. The zero-order valence-corrected chi connectivity index (χ0v) is 14.5. The van der Waals surface area contributed by atoms with E-state index in [4.69, 9.17) is 0 Å². The van der Waals surface area contributed by atoms with Crippen LogP contribution in [-0.4, -0.2) is 45.1 Å². The number of benzene rings is 1. The first-order chi connectivity index (χ1) is 11.5. The first-order valence-corrected chi connectivity index (χ1v) is 8.29. The van der Waals surface area contributed by atoms with E-state index in [1.165, 1.54) is 11.3 Å². The van der Waals surface area contributed by atoms with E-state index in [9.17, 15) is 4.79 Å². The molecule has 0 spiro atoms. The Balaban J connectivity index is 1.67. The second-order valence-electron chi connectivity index (χ2n) is 5.64. The monoisotopic (exact) mass is 342 g/mol. The van der Waals surface area contributed by atoms with Crippen molar-refractivity contribution in [2.45, 2.75) is 13.5 Å². The lowest BCUT2D eigenvalue weighted by Crippen LogP contribution is -2.14. The minimum atomic E-state index is -0.210. The number of carbonyl (C=O) groups is 1. The number of rotatable bonds is 5. The summed E-state index contributed by atoms with van der Waals surface area (Å²) in [7, 11) is 3.94. The normalized spacial score (nSPS) is 11.0. The molecule has 0 atom stereocenters. The summed E-state index contributed by atoms with van der Waals surface area (Å²) in [5.41, 5.74) is 2.03. The van der Waals surface area contributed by atoms with Gasteiger partial charge in [0.2, 0.25) is 0 Å². The summed E-state index contributed by atoms with van der Waals surface area (Å²) in [5, 5.41) is 12.5. The maximum absolute atomic E-state index is 12.3. The van der Waals surface area contributed by atoms with Gasteiger partial charge in [0.05, 0.1) is 0 Å². The van der Waals surface area contributed by atoms with Gasteiger partial charge >= 0.3 is 0 Å². The number of nitrogens with zero attached hydrogens (tertiary/aromatic N) is 4. The highest BCUT2D eigenvalue weighted by molar-refractivity contribution is 7.09. The number of aryl methyl sites for hydroxylation is 1. The maximum Gasteiger partial charge on any atom is 0.275 e. The highest BCUT2D eigenvalue weighted by atomic mass is 32.1. The molecule has 0 saturated carbocycles. The topological polar surface area (TPSA) is 86.8 Å². The first-order valence-electron chi connectivity index (χ1n) is 7.41. The Kier molecular flexibility index (Phi) is 4.68. The molecule has 2 heterocycles. The van der Waals surface area contributed by atoms with Crippen molar-refractivity contribution in [2.24, 2.45) is 0 Å². The molecule has 1 aromatic carbocycles. The Labute approximate surface area is 143 Å². The molecular formula is C16H18N6OS. The Bertz CT molecular complexity index is 836. The van der Waals surface area contributed by atoms with Gasteiger partial charge in [0.1, 0.15) is 16.5 Å². The molecule has 0 unspecified atom stereocenters. The quantitative estimate of drug-likeness (QED) is 0.744. The molecule has 0 fully saturated rings. The molecule has 0 radical (unpaired) electrons. The molecule has 7 nitrogen and oxygen atoms in total. The van der Waals surface area contributed by atoms with Gasteiger partial charge in [-0.05, 0) is 45.3 Å². The zero-order valence-electron chi connectivity index (χ0n) is 13.7. The van der Waals surface area contributed by atoms with Gasteiger partial charge in [-0.3, -0.25) is 9.89 Å². The van der Waals surface area contributed by atoms with Gasteiger partial charge < -0.3 is 10.2 Å². The molecule has 0 saturated heterocycles. The van der Waals surface area contributed by atoms with Crippen LogP contribution in [0.3, 0.4) is 0 Å². The van der Waals surface area contributed by atoms with Crippen LogP contribution in [0.15, 0.2) is 29.6 Å². The fraction of sp³-hybridized carbons (Fsp3) is 0.250. The third-order valence-corrected chi connectivity index (χ3v) is 4.07. The summed E-state index contributed by atoms with van der Waals surface area (Å²) in [6, 6.07) is 7.39. The largest absolute Gasteiger partial charge is 0.321 e. The van der Waals surface area contributed by atoms with Crippen LogP contribution in [0.2, 0.25) is 0 Å². The second-order valence-corrected chi connectivity index (χ2v) is 6.58. The van der Waals surface area contributed by atoms with Crippen LogP contribution >= 0.6 is 11.3 Å². The van der Waals surface area contributed by atoms with Crippen LogP contribution in [0.5, 0.6) is 0 Å². The summed E-state index contributed by atoms with van der Waals surface area (Å²) < 4.78 is 0. The van der Waals surface area contributed by atoms with Gasteiger partial charge in [0.15, 0.2) is 5.82 Å². The molecule has 0 aliphatic rings. The fourth-order valence-corrected chi connectivity index (χ4v) is 3.02. The van der Waals surface area contributed by atoms with Crippen LogP contribution in [-0.2, 0) is 6.54 Å². The van der Waals surface area contributed by atoms with Crippen molar-refractivity contribution in [1.29, 1.82) is 0 Å². The van der Waals surface area contributed by atoms with Crippen molar-refractivity contribution in [3.63, 3.8) is 0 Å².